The summed E-state index contributed by atoms with van der Waals surface area (Å²) in [5.74, 6) is -1.26. The summed E-state index contributed by atoms with van der Waals surface area (Å²) in [5, 5.41) is 9.62. The van der Waals surface area contributed by atoms with E-state index in [1.165, 1.54) is 0 Å². The molecule has 0 saturated heterocycles. The van der Waals surface area contributed by atoms with E-state index in [1.807, 2.05) is 79.7 Å². The Kier molecular flexibility index (Phi) is 6.57. The molecule has 0 saturated carbocycles. The molecule has 2 aromatic rings. The van der Waals surface area contributed by atoms with Gasteiger partial charge in [0.25, 0.3) is 0 Å². The third-order valence-electron chi connectivity index (χ3n) is 3.61. The lowest BCUT2D eigenvalue weighted by molar-refractivity contribution is -0.152. The van der Waals surface area contributed by atoms with Crippen LogP contribution in [0.4, 0.5) is 0 Å². The highest BCUT2D eigenvalue weighted by Gasteiger charge is 2.28. The molecule has 1 N–H and O–H groups in total. The van der Waals surface area contributed by atoms with Gasteiger partial charge in [-0.05, 0) is 17.5 Å². The van der Waals surface area contributed by atoms with Gasteiger partial charge in [0.2, 0.25) is 0 Å². The fourth-order valence-electron chi connectivity index (χ4n) is 2.43. The molecule has 2 atom stereocenters. The first-order valence-electron chi connectivity index (χ1n) is 7.82. The molecule has 0 amide bonds. The largest absolute Gasteiger partial charge is 0.479 e. The highest BCUT2D eigenvalue weighted by Crippen LogP contribution is 2.25. The van der Waals surface area contributed by atoms with Crippen LogP contribution in [0.15, 0.2) is 72.8 Å². The molecule has 0 aromatic heterocycles. The van der Waals surface area contributed by atoms with Gasteiger partial charge in [-0.15, -0.1) is 0 Å². The van der Waals surface area contributed by atoms with Crippen molar-refractivity contribution in [3.8, 4) is 0 Å². The predicted molar refractivity (Wildman–Crippen MR) is 91.3 cm³/mol. The minimum absolute atomic E-state index is 0.279. The maximum absolute atomic E-state index is 11.7. The van der Waals surface area contributed by atoms with Gasteiger partial charge in [0.15, 0.2) is 6.10 Å². The Balaban J connectivity index is 2.20. The Morgan fingerprint density at radius 3 is 2.26 bits per heavy atom. The van der Waals surface area contributed by atoms with E-state index in [2.05, 4.69) is 0 Å². The Bertz CT molecular complexity index is 620. The highest BCUT2D eigenvalue weighted by atomic mass is 16.5. The van der Waals surface area contributed by atoms with Gasteiger partial charge in [-0.3, -0.25) is 0 Å². The fourth-order valence-corrected chi connectivity index (χ4v) is 2.43. The molecule has 0 fully saturated rings. The molecule has 0 radical (unpaired) electrons. The summed E-state index contributed by atoms with van der Waals surface area (Å²) in [6.45, 7) is 2.31. The van der Waals surface area contributed by atoms with Crippen LogP contribution in [-0.4, -0.2) is 17.2 Å². The summed E-state index contributed by atoms with van der Waals surface area (Å²) in [6, 6.07) is 19.2. The second-order valence-corrected chi connectivity index (χ2v) is 5.33. The third kappa shape index (κ3) is 5.08. The van der Waals surface area contributed by atoms with Gasteiger partial charge in [-0.1, -0.05) is 79.7 Å². The van der Waals surface area contributed by atoms with E-state index in [9.17, 15) is 9.90 Å². The molecule has 2 rings (SSSR count). The number of benzene rings is 2. The van der Waals surface area contributed by atoms with Gasteiger partial charge in [0.1, 0.15) is 0 Å². The van der Waals surface area contributed by atoms with Crippen molar-refractivity contribution >= 4 is 5.97 Å². The smallest absolute Gasteiger partial charge is 0.333 e. The maximum atomic E-state index is 11.7. The first-order chi connectivity index (χ1) is 11.2. The number of rotatable bonds is 8. The highest BCUT2D eigenvalue weighted by molar-refractivity contribution is 5.74. The van der Waals surface area contributed by atoms with Crippen molar-refractivity contribution in [3.05, 3.63) is 83.9 Å². The molecule has 3 nitrogen and oxygen atoms in total. The SMILES string of the molecule is CC/C=C/[C@@H](c1ccccc1)[C@H](OCc1ccccc1)C(=O)O. The molecule has 3 heteroatoms. The minimum Gasteiger partial charge on any atom is -0.479 e. The Morgan fingerprint density at radius 1 is 1.09 bits per heavy atom. The average Bonchev–Trinajstić information content (AvgIpc) is 2.59. The molecule has 0 spiro atoms. The summed E-state index contributed by atoms with van der Waals surface area (Å²) >= 11 is 0. The summed E-state index contributed by atoms with van der Waals surface area (Å²) in [5.41, 5.74) is 1.91. The van der Waals surface area contributed by atoms with Crippen LogP contribution in [0, 0.1) is 0 Å². The quantitative estimate of drug-likeness (QED) is 0.735. The summed E-state index contributed by atoms with van der Waals surface area (Å²) in [7, 11) is 0. The average molecular weight is 310 g/mol. The molecule has 0 aliphatic carbocycles. The van der Waals surface area contributed by atoms with E-state index in [0.29, 0.717) is 0 Å². The number of hydrogen-bond acceptors (Lipinski definition) is 2. The maximum Gasteiger partial charge on any atom is 0.333 e. The molecular formula is C20H22O3. The zero-order valence-corrected chi connectivity index (χ0v) is 13.3. The van der Waals surface area contributed by atoms with E-state index >= 15 is 0 Å². The van der Waals surface area contributed by atoms with Crippen LogP contribution in [0.1, 0.15) is 30.4 Å². The second kappa shape index (κ2) is 8.91. The lowest BCUT2D eigenvalue weighted by atomic mass is 9.92. The van der Waals surface area contributed by atoms with Crippen LogP contribution < -0.4 is 0 Å². The van der Waals surface area contributed by atoms with E-state index in [1.54, 1.807) is 0 Å². The second-order valence-electron chi connectivity index (χ2n) is 5.33. The van der Waals surface area contributed by atoms with Gasteiger partial charge in [0.05, 0.1) is 6.61 Å². The van der Waals surface area contributed by atoms with Crippen LogP contribution in [0.5, 0.6) is 0 Å². The van der Waals surface area contributed by atoms with Gasteiger partial charge in [-0.2, -0.15) is 0 Å². The van der Waals surface area contributed by atoms with Crippen molar-refractivity contribution in [1.29, 1.82) is 0 Å². The zero-order valence-electron chi connectivity index (χ0n) is 13.3. The first-order valence-corrected chi connectivity index (χ1v) is 7.82. The molecular weight excluding hydrogens is 288 g/mol. The molecule has 0 heterocycles. The Hall–Kier alpha value is -2.39. The third-order valence-corrected chi connectivity index (χ3v) is 3.61. The van der Waals surface area contributed by atoms with Crippen LogP contribution >= 0.6 is 0 Å². The van der Waals surface area contributed by atoms with E-state index < -0.39 is 12.1 Å². The number of carboxylic acid groups (broad SMARTS) is 1. The molecule has 0 aliphatic heterocycles. The Morgan fingerprint density at radius 2 is 1.70 bits per heavy atom. The first kappa shape index (κ1) is 17.0. The van der Waals surface area contributed by atoms with Crippen LogP contribution in [-0.2, 0) is 16.1 Å². The van der Waals surface area contributed by atoms with Crippen LogP contribution in [0.3, 0.4) is 0 Å². The van der Waals surface area contributed by atoms with Gasteiger partial charge < -0.3 is 9.84 Å². The van der Waals surface area contributed by atoms with Crippen molar-refractivity contribution in [2.75, 3.05) is 0 Å². The van der Waals surface area contributed by atoms with Crippen molar-refractivity contribution < 1.29 is 14.6 Å². The number of hydrogen-bond donors (Lipinski definition) is 1. The number of carboxylic acids is 1. The lowest BCUT2D eigenvalue weighted by Crippen LogP contribution is -2.30. The van der Waals surface area contributed by atoms with Gasteiger partial charge in [0, 0.05) is 5.92 Å². The van der Waals surface area contributed by atoms with Crippen LogP contribution in [0.2, 0.25) is 0 Å². The number of ether oxygens (including phenoxy) is 1. The van der Waals surface area contributed by atoms with E-state index in [0.717, 1.165) is 17.5 Å². The predicted octanol–water partition coefficient (Wildman–Crippen LogP) is 4.41. The van der Waals surface area contributed by atoms with Crippen LogP contribution in [0.25, 0.3) is 0 Å². The monoisotopic (exact) mass is 310 g/mol. The summed E-state index contributed by atoms with van der Waals surface area (Å²) in [4.78, 5) is 11.7. The van der Waals surface area contributed by atoms with E-state index in [-0.39, 0.29) is 12.5 Å². The number of carbonyl (C=O) groups is 1. The van der Waals surface area contributed by atoms with Crippen molar-refractivity contribution in [1.82, 2.24) is 0 Å². The molecule has 23 heavy (non-hydrogen) atoms. The topological polar surface area (TPSA) is 46.5 Å². The normalized spacial score (nSPS) is 13.8. The van der Waals surface area contributed by atoms with Gasteiger partial charge >= 0.3 is 5.97 Å². The molecule has 0 unspecified atom stereocenters. The van der Waals surface area contributed by atoms with Crippen molar-refractivity contribution in [2.45, 2.75) is 32.0 Å². The zero-order chi connectivity index (χ0) is 16.5. The lowest BCUT2D eigenvalue weighted by Gasteiger charge is -2.22. The number of aliphatic carboxylic acids is 1. The fraction of sp³-hybridized carbons (Fsp3) is 0.250. The molecule has 120 valence electrons. The Labute approximate surface area is 137 Å². The molecule has 0 aliphatic rings. The summed E-state index contributed by atoms with van der Waals surface area (Å²) < 4.78 is 5.75. The standard InChI is InChI=1S/C20H22O3/c1-2-3-14-18(17-12-8-5-9-13-17)19(20(21)22)23-15-16-10-6-4-7-11-16/h3-14,18-19H,2,15H2,1H3,(H,21,22)/b14-3+/t18-,19-/m0/s1. The van der Waals surface area contributed by atoms with E-state index in [4.69, 9.17) is 4.74 Å². The molecule has 2 aromatic carbocycles. The van der Waals surface area contributed by atoms with Gasteiger partial charge in [-0.25, -0.2) is 4.79 Å². The summed E-state index contributed by atoms with van der Waals surface area (Å²) in [6.07, 6.45) is 3.85. The molecule has 0 bridgehead atoms. The van der Waals surface area contributed by atoms with Crippen molar-refractivity contribution in [3.63, 3.8) is 0 Å². The minimum atomic E-state index is -0.949. The number of allylic oxidation sites excluding steroid dienone is 1. The van der Waals surface area contributed by atoms with Crippen molar-refractivity contribution in [2.24, 2.45) is 0 Å².